The van der Waals surface area contributed by atoms with Gasteiger partial charge in [-0.1, -0.05) is 24.3 Å². The number of imidazole rings is 1. The zero-order valence-electron chi connectivity index (χ0n) is 17.7. The van der Waals surface area contributed by atoms with E-state index in [0.29, 0.717) is 42.4 Å². The van der Waals surface area contributed by atoms with E-state index >= 15 is 0 Å². The monoisotopic (exact) mass is 428 g/mol. The number of aromatic nitrogens is 6. The number of nitrogens with zero attached hydrogens (tertiary/aromatic N) is 7. The highest BCUT2D eigenvalue weighted by Crippen LogP contribution is 2.33. The fourth-order valence-electron chi connectivity index (χ4n) is 4.63. The first kappa shape index (κ1) is 19.1. The first-order valence-corrected chi connectivity index (χ1v) is 11.0. The number of anilines is 2. The van der Waals surface area contributed by atoms with Crippen molar-refractivity contribution in [3.63, 3.8) is 0 Å². The number of hydrogen-bond donors (Lipinski definition) is 1. The van der Waals surface area contributed by atoms with Crippen molar-refractivity contribution in [1.29, 1.82) is 0 Å². The summed E-state index contributed by atoms with van der Waals surface area (Å²) >= 11 is 0. The molecule has 32 heavy (non-hydrogen) atoms. The van der Waals surface area contributed by atoms with E-state index in [0.717, 1.165) is 43.5 Å². The van der Waals surface area contributed by atoms with E-state index in [1.165, 1.54) is 11.1 Å². The maximum Gasteiger partial charge on any atom is 0.228 e. The Morgan fingerprint density at radius 1 is 0.969 bits per heavy atom. The molecule has 0 amide bonds. The summed E-state index contributed by atoms with van der Waals surface area (Å²) in [5, 5.41) is 0. The van der Waals surface area contributed by atoms with Gasteiger partial charge in [-0.25, -0.2) is 19.9 Å². The van der Waals surface area contributed by atoms with E-state index < -0.39 is 0 Å². The second-order valence-corrected chi connectivity index (χ2v) is 8.29. The summed E-state index contributed by atoms with van der Waals surface area (Å²) in [6.07, 6.45) is 8.17. The van der Waals surface area contributed by atoms with Gasteiger partial charge in [0.25, 0.3) is 0 Å². The lowest BCUT2D eigenvalue weighted by Crippen LogP contribution is -2.37. The van der Waals surface area contributed by atoms with Crippen molar-refractivity contribution in [1.82, 2.24) is 29.5 Å². The summed E-state index contributed by atoms with van der Waals surface area (Å²) in [4.78, 5) is 25.4. The fraction of sp³-hybridized carbons (Fsp3) is 0.348. The molecule has 6 rings (SSSR count). The Balaban J connectivity index is 1.47. The van der Waals surface area contributed by atoms with Gasteiger partial charge in [0, 0.05) is 19.1 Å². The molecule has 9 nitrogen and oxygen atoms in total. The molecule has 0 spiro atoms. The van der Waals surface area contributed by atoms with E-state index in [2.05, 4.69) is 43.7 Å². The van der Waals surface area contributed by atoms with Crippen molar-refractivity contribution in [2.24, 2.45) is 0 Å². The number of rotatable bonds is 3. The third kappa shape index (κ3) is 3.34. The lowest BCUT2D eigenvalue weighted by Gasteiger charge is -2.28. The third-order valence-electron chi connectivity index (χ3n) is 6.33. The Morgan fingerprint density at radius 2 is 1.81 bits per heavy atom. The molecule has 1 aliphatic carbocycles. The van der Waals surface area contributed by atoms with Crippen molar-refractivity contribution in [3.05, 3.63) is 54.1 Å². The Bertz CT molecular complexity index is 1260. The Labute approximate surface area is 185 Å². The van der Waals surface area contributed by atoms with Crippen LogP contribution in [0.4, 0.5) is 11.8 Å². The number of ether oxygens (including phenoxy) is 1. The maximum absolute atomic E-state index is 5.76. The molecule has 1 fully saturated rings. The van der Waals surface area contributed by atoms with Crippen LogP contribution in [0.25, 0.3) is 22.6 Å². The number of fused-ring (bicyclic) bond motifs is 2. The molecule has 2 aliphatic rings. The molecule has 3 aromatic heterocycles. The summed E-state index contributed by atoms with van der Waals surface area (Å²) in [6.45, 7) is 2.83. The Morgan fingerprint density at radius 3 is 2.62 bits per heavy atom. The molecule has 1 aliphatic heterocycles. The molecule has 4 heterocycles. The number of aryl methyl sites for hydroxylation is 1. The van der Waals surface area contributed by atoms with Crippen LogP contribution in [-0.4, -0.2) is 55.8 Å². The summed E-state index contributed by atoms with van der Waals surface area (Å²) in [6, 6.07) is 8.99. The van der Waals surface area contributed by atoms with Gasteiger partial charge < -0.3 is 19.9 Å². The lowest BCUT2D eigenvalue weighted by atomic mass is 9.88. The van der Waals surface area contributed by atoms with Crippen LogP contribution in [-0.2, 0) is 17.6 Å². The molecule has 162 valence electrons. The second-order valence-electron chi connectivity index (χ2n) is 8.29. The molecule has 1 atom stereocenters. The molecular formula is C23H24N8O. The van der Waals surface area contributed by atoms with Crippen LogP contribution in [0.15, 0.2) is 43.0 Å². The summed E-state index contributed by atoms with van der Waals surface area (Å²) in [7, 11) is 0. The summed E-state index contributed by atoms with van der Waals surface area (Å²) in [5.74, 6) is 1.05. The standard InChI is InChI=1S/C23H24N8O/c24-19-13-25-18(12-26-19)20-21-22(29-23(28-20)30-7-9-32-10-8-30)31(14-27-21)17-6-5-15-3-1-2-4-16(15)11-17/h1-4,12-14,17H,5-11H2,(H2,24,26)/t17-/m1/s1. The first-order valence-electron chi connectivity index (χ1n) is 11.0. The molecule has 4 aromatic rings. The van der Waals surface area contributed by atoms with Crippen molar-refractivity contribution in [2.45, 2.75) is 25.3 Å². The van der Waals surface area contributed by atoms with Gasteiger partial charge >= 0.3 is 0 Å². The average Bonchev–Trinajstić information content (AvgIpc) is 3.28. The molecule has 0 bridgehead atoms. The maximum atomic E-state index is 5.76. The lowest BCUT2D eigenvalue weighted by molar-refractivity contribution is 0.122. The zero-order chi connectivity index (χ0) is 21.5. The number of benzene rings is 1. The quantitative estimate of drug-likeness (QED) is 0.530. The van der Waals surface area contributed by atoms with Crippen LogP contribution >= 0.6 is 0 Å². The molecule has 1 aromatic carbocycles. The van der Waals surface area contributed by atoms with Crippen LogP contribution in [0.1, 0.15) is 23.6 Å². The highest BCUT2D eigenvalue weighted by atomic mass is 16.5. The number of nitrogen functional groups attached to an aromatic ring is 1. The van der Waals surface area contributed by atoms with Gasteiger partial charge in [0.2, 0.25) is 5.95 Å². The second kappa shape index (κ2) is 7.83. The molecule has 0 saturated carbocycles. The molecule has 1 saturated heterocycles. The minimum atomic E-state index is 0.299. The minimum Gasteiger partial charge on any atom is -0.382 e. The van der Waals surface area contributed by atoms with Gasteiger partial charge in [0.15, 0.2) is 5.65 Å². The van der Waals surface area contributed by atoms with Crippen LogP contribution in [0.5, 0.6) is 0 Å². The molecule has 0 unspecified atom stereocenters. The first-order chi connectivity index (χ1) is 15.8. The number of hydrogen-bond acceptors (Lipinski definition) is 8. The van der Waals surface area contributed by atoms with Crippen molar-refractivity contribution in [3.8, 4) is 11.4 Å². The third-order valence-corrected chi connectivity index (χ3v) is 6.33. The molecular weight excluding hydrogens is 404 g/mol. The van der Waals surface area contributed by atoms with Gasteiger partial charge in [-0.3, -0.25) is 0 Å². The van der Waals surface area contributed by atoms with Gasteiger partial charge in [-0.05, 0) is 30.4 Å². The minimum absolute atomic E-state index is 0.299. The summed E-state index contributed by atoms with van der Waals surface area (Å²) in [5.41, 5.74) is 11.5. The van der Waals surface area contributed by atoms with Crippen LogP contribution in [0.2, 0.25) is 0 Å². The van der Waals surface area contributed by atoms with Gasteiger partial charge in [0.05, 0.1) is 31.9 Å². The van der Waals surface area contributed by atoms with Gasteiger partial charge in [0.1, 0.15) is 22.7 Å². The average molecular weight is 429 g/mol. The number of morpholine rings is 1. The molecule has 0 radical (unpaired) electrons. The normalized spacial score (nSPS) is 18.6. The predicted octanol–water partition coefficient (Wildman–Crippen LogP) is 2.43. The smallest absolute Gasteiger partial charge is 0.228 e. The van der Waals surface area contributed by atoms with Crippen molar-refractivity contribution < 1.29 is 4.74 Å². The van der Waals surface area contributed by atoms with E-state index in [4.69, 9.17) is 25.4 Å². The largest absolute Gasteiger partial charge is 0.382 e. The molecule has 9 heteroatoms. The summed E-state index contributed by atoms with van der Waals surface area (Å²) < 4.78 is 7.74. The Hall–Kier alpha value is -3.59. The molecule has 2 N–H and O–H groups in total. The SMILES string of the molecule is Nc1cnc(-c2nc(N3CCOCC3)nc3c2ncn3[C@@H]2CCc3ccccc3C2)cn1. The van der Waals surface area contributed by atoms with Gasteiger partial charge in [-0.2, -0.15) is 4.98 Å². The topological polar surface area (TPSA) is 108 Å². The van der Waals surface area contributed by atoms with Crippen LogP contribution < -0.4 is 10.6 Å². The Kier molecular flexibility index (Phi) is 4.68. The van der Waals surface area contributed by atoms with Crippen LogP contribution in [0.3, 0.4) is 0 Å². The fourth-order valence-corrected chi connectivity index (χ4v) is 4.63. The predicted molar refractivity (Wildman–Crippen MR) is 121 cm³/mol. The van der Waals surface area contributed by atoms with E-state index in [-0.39, 0.29) is 0 Å². The highest BCUT2D eigenvalue weighted by Gasteiger charge is 2.25. The zero-order valence-corrected chi connectivity index (χ0v) is 17.7. The van der Waals surface area contributed by atoms with Crippen molar-refractivity contribution in [2.75, 3.05) is 36.9 Å². The van der Waals surface area contributed by atoms with Crippen molar-refractivity contribution >= 4 is 22.9 Å². The highest BCUT2D eigenvalue weighted by molar-refractivity contribution is 5.87. The van der Waals surface area contributed by atoms with E-state index in [1.54, 1.807) is 12.4 Å². The van der Waals surface area contributed by atoms with Gasteiger partial charge in [-0.15, -0.1) is 0 Å². The van der Waals surface area contributed by atoms with E-state index in [9.17, 15) is 0 Å². The number of nitrogens with two attached hydrogens (primary N) is 1. The van der Waals surface area contributed by atoms with Crippen LogP contribution in [0, 0.1) is 0 Å². The van der Waals surface area contributed by atoms with E-state index in [1.807, 2.05) is 6.33 Å².